The van der Waals surface area contributed by atoms with Crippen LogP contribution in [0.25, 0.3) is 0 Å². The van der Waals surface area contributed by atoms with Crippen molar-refractivity contribution in [1.29, 1.82) is 0 Å². The van der Waals surface area contributed by atoms with Gasteiger partial charge in [-0.25, -0.2) is 9.97 Å². The number of nitrogens with zero attached hydrogens (tertiary/aromatic N) is 2. The summed E-state index contributed by atoms with van der Waals surface area (Å²) in [5.74, 6) is 1.99. The highest BCUT2D eigenvalue weighted by molar-refractivity contribution is 6.32. The smallest absolute Gasteiger partial charge is 0.159 e. The Morgan fingerprint density at radius 3 is 2.18 bits per heavy atom. The maximum atomic E-state index is 6.30. The molecule has 0 bridgehead atoms. The zero-order chi connectivity index (χ0) is 20.3. The number of benzene rings is 2. The summed E-state index contributed by atoms with van der Waals surface area (Å²) in [6, 6.07) is 9.51. The standard InChI is InChI=1S/C20H22ClN5O2/c1-11-5-6-12(2)14(7-11)25-19-18(22)20(24-10-23-19)26-15-8-13(21)16(27-3)9-17(15)28-4/h5-10H,22H2,1-4H3,(H2,23,24,25,26). The number of aromatic nitrogens is 2. The van der Waals surface area contributed by atoms with Crippen molar-refractivity contribution in [2.24, 2.45) is 0 Å². The number of nitrogens with two attached hydrogens (primary N) is 1. The summed E-state index contributed by atoms with van der Waals surface area (Å²) in [6.07, 6.45) is 1.43. The van der Waals surface area contributed by atoms with E-state index in [9.17, 15) is 0 Å². The van der Waals surface area contributed by atoms with Crippen LogP contribution in [0.15, 0.2) is 36.7 Å². The fourth-order valence-corrected chi connectivity index (χ4v) is 2.92. The average molecular weight is 400 g/mol. The molecular formula is C20H22ClN5O2. The van der Waals surface area contributed by atoms with Crippen molar-refractivity contribution < 1.29 is 9.47 Å². The number of halogens is 1. The lowest BCUT2D eigenvalue weighted by Crippen LogP contribution is -2.06. The minimum atomic E-state index is 0.373. The Bertz CT molecular complexity index is 1010. The van der Waals surface area contributed by atoms with E-state index in [1.807, 2.05) is 26.0 Å². The van der Waals surface area contributed by atoms with E-state index in [4.69, 9.17) is 26.8 Å². The van der Waals surface area contributed by atoms with Gasteiger partial charge in [-0.05, 0) is 37.1 Å². The number of nitrogens with one attached hydrogen (secondary N) is 2. The Morgan fingerprint density at radius 2 is 1.54 bits per heavy atom. The first-order chi connectivity index (χ1) is 13.4. The van der Waals surface area contributed by atoms with Crippen LogP contribution in [-0.4, -0.2) is 24.2 Å². The third-order valence-corrected chi connectivity index (χ3v) is 4.55. The molecule has 0 saturated heterocycles. The number of aryl methyl sites for hydroxylation is 2. The minimum Gasteiger partial charge on any atom is -0.495 e. The van der Waals surface area contributed by atoms with Crippen molar-refractivity contribution in [3.05, 3.63) is 52.8 Å². The highest BCUT2D eigenvalue weighted by Crippen LogP contribution is 2.38. The SMILES string of the molecule is COc1cc(OC)c(Nc2ncnc(Nc3cc(C)ccc3C)c2N)cc1Cl. The molecule has 0 fully saturated rings. The molecule has 1 aromatic heterocycles. The van der Waals surface area contributed by atoms with Gasteiger partial charge in [-0.15, -0.1) is 0 Å². The molecule has 28 heavy (non-hydrogen) atoms. The summed E-state index contributed by atoms with van der Waals surface area (Å²) in [5.41, 5.74) is 10.4. The molecule has 0 aliphatic rings. The normalized spacial score (nSPS) is 10.5. The molecule has 0 spiro atoms. The maximum absolute atomic E-state index is 6.30. The van der Waals surface area contributed by atoms with Gasteiger partial charge >= 0.3 is 0 Å². The molecule has 0 aliphatic carbocycles. The second kappa shape index (κ2) is 8.22. The number of ether oxygens (including phenoxy) is 2. The molecule has 146 valence electrons. The van der Waals surface area contributed by atoms with Crippen LogP contribution in [-0.2, 0) is 0 Å². The lowest BCUT2D eigenvalue weighted by Gasteiger charge is -2.16. The van der Waals surface area contributed by atoms with E-state index < -0.39 is 0 Å². The number of rotatable bonds is 6. The molecule has 2 aromatic carbocycles. The van der Waals surface area contributed by atoms with Crippen LogP contribution in [0.1, 0.15) is 11.1 Å². The molecule has 0 atom stereocenters. The average Bonchev–Trinajstić information content (AvgIpc) is 2.68. The second-order valence-corrected chi connectivity index (χ2v) is 6.65. The molecule has 4 N–H and O–H groups in total. The maximum Gasteiger partial charge on any atom is 0.159 e. The number of anilines is 5. The lowest BCUT2D eigenvalue weighted by atomic mass is 10.1. The largest absolute Gasteiger partial charge is 0.495 e. The monoisotopic (exact) mass is 399 g/mol. The summed E-state index contributed by atoms with van der Waals surface area (Å²) in [5, 5.41) is 6.86. The van der Waals surface area contributed by atoms with Crippen molar-refractivity contribution >= 4 is 40.3 Å². The van der Waals surface area contributed by atoms with Crippen LogP contribution in [0.5, 0.6) is 11.5 Å². The van der Waals surface area contributed by atoms with Gasteiger partial charge in [0, 0.05) is 11.8 Å². The second-order valence-electron chi connectivity index (χ2n) is 6.24. The van der Waals surface area contributed by atoms with Crippen LogP contribution in [0.3, 0.4) is 0 Å². The van der Waals surface area contributed by atoms with Gasteiger partial charge in [0.25, 0.3) is 0 Å². The molecule has 0 unspecified atom stereocenters. The van der Waals surface area contributed by atoms with E-state index in [-0.39, 0.29) is 0 Å². The Morgan fingerprint density at radius 1 is 0.893 bits per heavy atom. The van der Waals surface area contributed by atoms with Crippen molar-refractivity contribution in [2.45, 2.75) is 13.8 Å². The number of methoxy groups -OCH3 is 2. The lowest BCUT2D eigenvalue weighted by molar-refractivity contribution is 0.396. The molecule has 0 amide bonds. The zero-order valence-corrected chi connectivity index (χ0v) is 16.9. The molecule has 0 radical (unpaired) electrons. The van der Waals surface area contributed by atoms with Crippen LogP contribution in [0.4, 0.5) is 28.7 Å². The van der Waals surface area contributed by atoms with Gasteiger partial charge in [0.05, 0.1) is 24.9 Å². The molecule has 8 heteroatoms. The number of nitrogen functional groups attached to an aromatic ring is 1. The van der Waals surface area contributed by atoms with Crippen molar-refractivity contribution in [3.63, 3.8) is 0 Å². The van der Waals surface area contributed by atoms with Gasteiger partial charge < -0.3 is 25.8 Å². The van der Waals surface area contributed by atoms with Crippen molar-refractivity contribution in [3.8, 4) is 11.5 Å². The summed E-state index contributed by atoms with van der Waals surface area (Å²) in [6.45, 7) is 4.04. The Hall–Kier alpha value is -3.19. The van der Waals surface area contributed by atoms with Gasteiger partial charge in [0.2, 0.25) is 0 Å². The van der Waals surface area contributed by atoms with Gasteiger partial charge in [0.1, 0.15) is 23.5 Å². The molecule has 3 rings (SSSR count). The Balaban J connectivity index is 1.94. The van der Waals surface area contributed by atoms with Crippen LogP contribution >= 0.6 is 11.6 Å². The Kier molecular flexibility index (Phi) is 5.75. The third-order valence-electron chi connectivity index (χ3n) is 4.26. The number of hydrogen-bond acceptors (Lipinski definition) is 7. The first kappa shape index (κ1) is 19.6. The van der Waals surface area contributed by atoms with Gasteiger partial charge in [0.15, 0.2) is 11.6 Å². The third kappa shape index (κ3) is 4.04. The highest BCUT2D eigenvalue weighted by atomic mass is 35.5. The summed E-state index contributed by atoms with van der Waals surface area (Å²) in [4.78, 5) is 8.52. The van der Waals surface area contributed by atoms with Crippen LogP contribution in [0, 0.1) is 13.8 Å². The molecule has 7 nitrogen and oxygen atoms in total. The summed E-state index contributed by atoms with van der Waals surface area (Å²) >= 11 is 6.24. The van der Waals surface area contributed by atoms with Gasteiger partial charge in [-0.2, -0.15) is 0 Å². The highest BCUT2D eigenvalue weighted by Gasteiger charge is 2.14. The predicted octanol–water partition coefficient (Wildman–Crippen LogP) is 4.83. The summed E-state index contributed by atoms with van der Waals surface area (Å²) in [7, 11) is 3.10. The molecule has 0 aliphatic heterocycles. The predicted molar refractivity (Wildman–Crippen MR) is 113 cm³/mol. The van der Waals surface area contributed by atoms with Crippen LogP contribution in [0.2, 0.25) is 5.02 Å². The fraction of sp³-hybridized carbons (Fsp3) is 0.200. The topological polar surface area (TPSA) is 94.3 Å². The fourth-order valence-electron chi connectivity index (χ4n) is 2.68. The van der Waals surface area contributed by atoms with E-state index in [0.717, 1.165) is 16.8 Å². The molecule has 1 heterocycles. The minimum absolute atomic E-state index is 0.373. The van der Waals surface area contributed by atoms with E-state index in [1.165, 1.54) is 6.33 Å². The first-order valence-electron chi connectivity index (χ1n) is 8.56. The van der Waals surface area contributed by atoms with Crippen LogP contribution < -0.4 is 25.8 Å². The van der Waals surface area contributed by atoms with Crippen molar-refractivity contribution in [2.75, 3.05) is 30.6 Å². The molecule has 3 aromatic rings. The van der Waals surface area contributed by atoms with Gasteiger partial charge in [-0.3, -0.25) is 0 Å². The zero-order valence-electron chi connectivity index (χ0n) is 16.1. The summed E-state index contributed by atoms with van der Waals surface area (Å²) < 4.78 is 10.6. The first-order valence-corrected chi connectivity index (χ1v) is 8.94. The number of hydrogen-bond donors (Lipinski definition) is 3. The molecular weight excluding hydrogens is 378 g/mol. The Labute approximate surface area is 168 Å². The van der Waals surface area contributed by atoms with Crippen molar-refractivity contribution in [1.82, 2.24) is 9.97 Å². The van der Waals surface area contributed by atoms with E-state index >= 15 is 0 Å². The quantitative estimate of drug-likeness (QED) is 0.546. The van der Waals surface area contributed by atoms with Gasteiger partial charge in [-0.1, -0.05) is 23.7 Å². The van der Waals surface area contributed by atoms with E-state index in [0.29, 0.717) is 39.5 Å². The molecule has 0 saturated carbocycles. The van der Waals surface area contributed by atoms with E-state index in [1.54, 1.807) is 26.4 Å². The van der Waals surface area contributed by atoms with E-state index in [2.05, 4.69) is 26.7 Å².